The highest BCUT2D eigenvalue weighted by Gasteiger charge is 2.79. The predicted molar refractivity (Wildman–Crippen MR) is 162 cm³/mol. The van der Waals surface area contributed by atoms with Crippen LogP contribution in [0.3, 0.4) is 0 Å². The summed E-state index contributed by atoms with van der Waals surface area (Å²) >= 11 is 0. The number of benzene rings is 1. The van der Waals surface area contributed by atoms with Crippen LogP contribution in [0.15, 0.2) is 53.6 Å². The molecular weight excluding hydrogens is 721 g/mol. The molecule has 3 unspecified atom stereocenters. The normalized spacial score (nSPS) is 24.4. The van der Waals surface area contributed by atoms with Gasteiger partial charge in [-0.15, -0.1) is 0 Å². The molecule has 52 heavy (non-hydrogen) atoms. The number of likely N-dealkylation sites (tertiary alicyclic amines) is 1. The van der Waals surface area contributed by atoms with Crippen LogP contribution in [-0.2, 0) is 4.79 Å². The minimum absolute atomic E-state index is 0.125. The minimum atomic E-state index is -5.26. The van der Waals surface area contributed by atoms with E-state index in [9.17, 15) is 81.2 Å². The number of halogens is 7. The van der Waals surface area contributed by atoms with Gasteiger partial charge in [-0.3, -0.25) is 4.79 Å². The zero-order chi connectivity index (χ0) is 40.3. The van der Waals surface area contributed by atoms with Gasteiger partial charge in [0.1, 0.15) is 5.82 Å². The van der Waals surface area contributed by atoms with Crippen LogP contribution in [0, 0.1) is 12.7 Å². The van der Waals surface area contributed by atoms with Crippen molar-refractivity contribution in [1.29, 1.82) is 0 Å². The van der Waals surface area contributed by atoms with Gasteiger partial charge in [-0.25, -0.2) is 14.1 Å². The Morgan fingerprint density at radius 1 is 0.923 bits per heavy atom. The zero-order valence-corrected chi connectivity index (χ0v) is 28.3. The maximum atomic E-state index is 14.1. The molecule has 2 aliphatic heterocycles. The summed E-state index contributed by atoms with van der Waals surface area (Å²) in [5.74, 6) is -19.6. The van der Waals surface area contributed by atoms with Gasteiger partial charge in [-0.2, -0.15) is 31.2 Å². The van der Waals surface area contributed by atoms with Crippen molar-refractivity contribution in [3.8, 4) is 0 Å². The van der Waals surface area contributed by atoms with Crippen LogP contribution in [0.25, 0.3) is 0 Å². The first kappa shape index (κ1) is 42.7. The molecule has 1 aromatic rings. The summed E-state index contributed by atoms with van der Waals surface area (Å²) in [4.78, 5) is 26.9. The van der Waals surface area contributed by atoms with E-state index in [1.165, 1.54) is 19.9 Å². The van der Waals surface area contributed by atoms with Crippen molar-refractivity contribution in [3.63, 3.8) is 0 Å². The molecule has 2 saturated heterocycles. The highest BCUT2D eigenvalue weighted by atomic mass is 19.4. The summed E-state index contributed by atoms with van der Waals surface area (Å²) in [6.45, 7) is 6.51. The predicted octanol–water partition coefficient (Wildman–Crippen LogP) is 1.35. The number of carbonyl (C=O) groups excluding carboxylic acids is 2. The number of aryl methyl sites for hydroxylation is 1. The second-order valence-corrected chi connectivity index (χ2v) is 12.7. The summed E-state index contributed by atoms with van der Waals surface area (Å²) in [6.07, 6.45) is -11.4. The third-order valence-corrected chi connectivity index (χ3v) is 9.19. The lowest BCUT2D eigenvalue weighted by atomic mass is 9.87. The molecule has 14 nitrogen and oxygen atoms in total. The standard InChI is InChI=1S/C31H39F7N4O10/c1-15(11-20(27(36,37)38)13-17(3)26(33,34)35)18(4)39(6)25(44)40-10-9-22(14-24(40)23-8-7-21(32)12-16(23)2)42-30(49,50)28(45,46)41(19(5)43)29(47,48)31(42,51)52/h7-8,11-13,18,22,24,45-52H,1,9-10,14H2,2-6H3. The Hall–Kier alpha value is -3.67. The zero-order valence-electron chi connectivity index (χ0n) is 28.3. The number of nitrogens with zero attached hydrogens (tertiary/aromatic N) is 4. The molecule has 21 heteroatoms. The second kappa shape index (κ2) is 14.0. The smallest absolute Gasteiger partial charge is 0.347 e. The van der Waals surface area contributed by atoms with E-state index >= 15 is 0 Å². The number of rotatable bonds is 6. The molecule has 8 N–H and O–H groups in total. The first-order valence-electron chi connectivity index (χ1n) is 15.2. The Balaban J connectivity index is 2.08. The van der Waals surface area contributed by atoms with Gasteiger partial charge in [0.15, 0.2) is 0 Å². The van der Waals surface area contributed by atoms with E-state index in [1.54, 1.807) is 0 Å². The Bertz CT molecular complexity index is 1610. The van der Waals surface area contributed by atoms with E-state index in [1.807, 2.05) is 0 Å². The Morgan fingerprint density at radius 2 is 1.44 bits per heavy atom. The largest absolute Gasteiger partial charge is 0.416 e. The van der Waals surface area contributed by atoms with Gasteiger partial charge < -0.3 is 50.7 Å². The third-order valence-electron chi connectivity index (χ3n) is 9.19. The van der Waals surface area contributed by atoms with E-state index in [2.05, 4.69) is 6.58 Å². The van der Waals surface area contributed by atoms with Gasteiger partial charge in [0.05, 0.1) is 17.7 Å². The van der Waals surface area contributed by atoms with Crippen molar-refractivity contribution >= 4 is 11.9 Å². The number of carbonyl (C=O) groups is 2. The maximum absolute atomic E-state index is 14.1. The number of alkyl halides is 6. The van der Waals surface area contributed by atoms with E-state index in [0.29, 0.717) is 19.9 Å². The van der Waals surface area contributed by atoms with E-state index in [-0.39, 0.29) is 22.1 Å². The van der Waals surface area contributed by atoms with Gasteiger partial charge in [-0.1, -0.05) is 12.6 Å². The quantitative estimate of drug-likeness (QED) is 0.118. The fourth-order valence-corrected chi connectivity index (χ4v) is 6.18. The van der Waals surface area contributed by atoms with Crippen molar-refractivity contribution in [2.75, 3.05) is 13.6 Å². The van der Waals surface area contributed by atoms with E-state index in [4.69, 9.17) is 0 Å². The number of amides is 3. The molecule has 0 aromatic heterocycles. The molecule has 292 valence electrons. The molecule has 0 saturated carbocycles. The number of allylic oxidation sites excluding steroid dienone is 3. The van der Waals surface area contributed by atoms with Crippen LogP contribution in [0.1, 0.15) is 50.8 Å². The number of aliphatic hydroxyl groups is 8. The van der Waals surface area contributed by atoms with Crippen LogP contribution in [0.4, 0.5) is 35.5 Å². The van der Waals surface area contributed by atoms with Gasteiger partial charge in [0.2, 0.25) is 5.91 Å². The molecule has 3 amide bonds. The van der Waals surface area contributed by atoms with E-state index < -0.39 is 113 Å². The summed E-state index contributed by atoms with van der Waals surface area (Å²) < 4.78 is 94.4. The molecular formula is C31H39F7N4O10. The molecule has 2 fully saturated rings. The van der Waals surface area contributed by atoms with E-state index in [0.717, 1.165) is 29.0 Å². The molecule has 0 radical (unpaired) electrons. The summed E-state index contributed by atoms with van der Waals surface area (Å²) in [6, 6.07) is -2.19. The molecule has 1 aromatic carbocycles. The first-order valence-corrected chi connectivity index (χ1v) is 15.2. The minimum Gasteiger partial charge on any atom is -0.347 e. The lowest BCUT2D eigenvalue weighted by Gasteiger charge is -2.62. The van der Waals surface area contributed by atoms with Crippen molar-refractivity contribution in [2.45, 2.75) is 94.7 Å². The van der Waals surface area contributed by atoms with Gasteiger partial charge in [0.25, 0.3) is 0 Å². The average Bonchev–Trinajstić information content (AvgIpc) is 2.97. The number of hydrogen-bond donors (Lipinski definition) is 8. The van der Waals surface area contributed by atoms with Crippen LogP contribution in [0.2, 0.25) is 0 Å². The summed E-state index contributed by atoms with van der Waals surface area (Å²) in [5, 5.41) is 86.1. The Labute approximate surface area is 291 Å². The number of urea groups is 1. The SMILES string of the molecule is C=C(C=C(C=C(C)C(F)(F)F)C(F)(F)F)C(C)N(C)C(=O)N1CCC(N2C(O)(O)C(O)(O)N(C(C)=O)C(O)(O)C2(O)O)CC1c1ccc(F)cc1C. The lowest BCUT2D eigenvalue weighted by molar-refractivity contribution is -0.604. The number of likely N-dealkylation sites (N-methyl/N-ethyl adjacent to an activating group) is 1. The monoisotopic (exact) mass is 760 g/mol. The van der Waals surface area contributed by atoms with Crippen molar-refractivity contribution in [1.82, 2.24) is 19.6 Å². The molecule has 0 bridgehead atoms. The molecule has 0 spiro atoms. The van der Waals surface area contributed by atoms with Gasteiger partial charge in [0, 0.05) is 32.1 Å². The molecule has 2 heterocycles. The van der Waals surface area contributed by atoms with Crippen LogP contribution in [0.5, 0.6) is 0 Å². The highest BCUT2D eigenvalue weighted by Crippen LogP contribution is 2.48. The van der Waals surface area contributed by atoms with Gasteiger partial charge >= 0.3 is 42.0 Å². The number of hydrogen-bond acceptors (Lipinski definition) is 11. The van der Waals surface area contributed by atoms with Crippen molar-refractivity contribution in [3.05, 3.63) is 70.6 Å². The first-order chi connectivity index (χ1) is 23.3. The van der Waals surface area contributed by atoms with Crippen LogP contribution < -0.4 is 0 Å². The molecule has 2 aliphatic rings. The lowest BCUT2D eigenvalue weighted by Crippen LogP contribution is -2.92. The average molecular weight is 761 g/mol. The maximum Gasteiger partial charge on any atom is 0.416 e. The fourth-order valence-electron chi connectivity index (χ4n) is 6.18. The Kier molecular flexibility index (Phi) is 11.5. The molecule has 3 atom stereocenters. The number of piperazine rings is 1. The third kappa shape index (κ3) is 7.54. The summed E-state index contributed by atoms with van der Waals surface area (Å²) in [7, 11) is 1.12. The molecule has 3 rings (SSSR count). The fraction of sp³-hybridized carbons (Fsp3) is 0.548. The molecule has 0 aliphatic carbocycles. The van der Waals surface area contributed by atoms with Crippen LogP contribution >= 0.6 is 0 Å². The van der Waals surface area contributed by atoms with Crippen molar-refractivity contribution < 1.29 is 81.2 Å². The van der Waals surface area contributed by atoms with Crippen LogP contribution in [-0.4, -0.2) is 134 Å². The van der Waals surface area contributed by atoms with Gasteiger partial charge in [-0.05, 0) is 74.6 Å². The number of piperidine rings is 1. The van der Waals surface area contributed by atoms with Crippen molar-refractivity contribution in [2.24, 2.45) is 0 Å². The topological polar surface area (TPSA) is 209 Å². The summed E-state index contributed by atoms with van der Waals surface area (Å²) in [5.41, 5.74) is -3.43. The Morgan fingerprint density at radius 3 is 1.88 bits per heavy atom. The second-order valence-electron chi connectivity index (χ2n) is 12.7. The highest BCUT2D eigenvalue weighted by molar-refractivity contribution is 5.76.